The first-order chi connectivity index (χ1) is 14.4. The number of Topliss-reactive ketones (excluding diaryl/α,β-unsaturated/α-hetero) is 1. The summed E-state index contributed by atoms with van der Waals surface area (Å²) < 4.78 is 47.3. The number of ketones is 1. The van der Waals surface area contributed by atoms with Crippen molar-refractivity contribution >= 4 is 11.8 Å². The first-order valence-electron chi connectivity index (χ1n) is 9.67. The van der Waals surface area contributed by atoms with Crippen LogP contribution in [0.15, 0.2) is 48.5 Å². The average molecular weight is 436 g/mol. The maximum Gasteiger partial charge on any atom is 0.437 e. The van der Waals surface area contributed by atoms with Crippen LogP contribution < -0.4 is 15.4 Å². The molecule has 1 heterocycles. The van der Waals surface area contributed by atoms with Gasteiger partial charge in [0.25, 0.3) is 0 Å². The Morgan fingerprint density at radius 1 is 1.10 bits per heavy atom. The Kier molecular flexibility index (Phi) is 6.00. The molecule has 1 saturated heterocycles. The molecule has 0 saturated carbocycles. The molecule has 0 aromatic heterocycles. The van der Waals surface area contributed by atoms with Crippen LogP contribution in [0.3, 0.4) is 0 Å². The summed E-state index contributed by atoms with van der Waals surface area (Å²) >= 11 is 0. The van der Waals surface area contributed by atoms with E-state index >= 15 is 0 Å². The molecule has 2 aromatic rings. The molecule has 0 aliphatic carbocycles. The Balaban J connectivity index is 2.08. The third kappa shape index (κ3) is 4.51. The van der Waals surface area contributed by atoms with Gasteiger partial charge in [0.2, 0.25) is 5.72 Å². The number of aryl methyl sites for hydroxylation is 1. The Morgan fingerprint density at radius 2 is 1.68 bits per heavy atom. The van der Waals surface area contributed by atoms with Gasteiger partial charge in [0.1, 0.15) is 11.7 Å². The zero-order valence-corrected chi connectivity index (χ0v) is 17.2. The van der Waals surface area contributed by atoms with E-state index in [1.807, 2.05) is 13.8 Å². The number of hydrogen-bond acceptors (Lipinski definition) is 4. The molecule has 1 aliphatic heterocycles. The standard InChI is InChI=1S/C22H23F3N2O4/c1-12(2)31-16-10-8-14(9-11-16)18-17(19(28)15-6-4-13(3)5-7-15)21(30,22(23,24)25)27-20(29)26-18/h4-12,17-18,30H,1-3H3,(H2,26,27,29). The van der Waals surface area contributed by atoms with Crippen molar-refractivity contribution in [3.63, 3.8) is 0 Å². The van der Waals surface area contributed by atoms with E-state index < -0.39 is 35.7 Å². The molecule has 2 aromatic carbocycles. The van der Waals surface area contributed by atoms with Gasteiger partial charge in [0, 0.05) is 5.56 Å². The van der Waals surface area contributed by atoms with E-state index in [9.17, 15) is 27.9 Å². The van der Waals surface area contributed by atoms with Gasteiger partial charge in [-0.1, -0.05) is 42.0 Å². The number of aliphatic hydroxyl groups is 1. The van der Waals surface area contributed by atoms with Crippen LogP contribution in [-0.4, -0.2) is 34.9 Å². The van der Waals surface area contributed by atoms with Gasteiger partial charge >= 0.3 is 12.2 Å². The minimum absolute atomic E-state index is 0.0130. The quantitative estimate of drug-likeness (QED) is 0.621. The number of carbonyl (C=O) groups excluding carboxylic acids is 2. The maximum atomic E-state index is 13.9. The molecular weight excluding hydrogens is 413 g/mol. The Bertz CT molecular complexity index is 958. The topological polar surface area (TPSA) is 87.7 Å². The number of ether oxygens (including phenoxy) is 1. The van der Waals surface area contributed by atoms with E-state index in [0.29, 0.717) is 5.75 Å². The third-order valence-electron chi connectivity index (χ3n) is 5.04. The Hall–Kier alpha value is -3.07. The summed E-state index contributed by atoms with van der Waals surface area (Å²) in [5.74, 6) is -2.55. The van der Waals surface area contributed by atoms with Gasteiger partial charge in [-0.3, -0.25) is 4.79 Å². The Labute approximate surface area is 177 Å². The number of rotatable bonds is 5. The molecule has 0 spiro atoms. The number of urea groups is 1. The summed E-state index contributed by atoms with van der Waals surface area (Å²) in [6.45, 7) is 5.41. The SMILES string of the molecule is Cc1ccc(C(=O)C2C(c3ccc(OC(C)C)cc3)NC(=O)NC2(O)C(F)(F)F)cc1. The summed E-state index contributed by atoms with van der Waals surface area (Å²) in [5, 5.41) is 14.5. The largest absolute Gasteiger partial charge is 0.491 e. The fourth-order valence-corrected chi connectivity index (χ4v) is 3.54. The van der Waals surface area contributed by atoms with Crippen LogP contribution in [0, 0.1) is 12.8 Å². The fraction of sp³-hybridized carbons (Fsp3) is 0.364. The van der Waals surface area contributed by atoms with Gasteiger partial charge in [-0.2, -0.15) is 13.2 Å². The molecular formula is C22H23F3N2O4. The fourth-order valence-electron chi connectivity index (χ4n) is 3.54. The van der Waals surface area contributed by atoms with E-state index in [0.717, 1.165) is 5.56 Å². The van der Waals surface area contributed by atoms with Crippen molar-refractivity contribution in [2.75, 3.05) is 0 Å². The lowest BCUT2D eigenvalue weighted by Gasteiger charge is -2.45. The van der Waals surface area contributed by atoms with Crippen molar-refractivity contribution in [2.24, 2.45) is 5.92 Å². The van der Waals surface area contributed by atoms with Crippen LogP contribution in [-0.2, 0) is 0 Å². The number of benzene rings is 2. The minimum Gasteiger partial charge on any atom is -0.491 e. The first kappa shape index (κ1) is 22.6. The molecule has 31 heavy (non-hydrogen) atoms. The van der Waals surface area contributed by atoms with Crippen molar-refractivity contribution in [3.8, 4) is 5.75 Å². The molecule has 3 rings (SSSR count). The second kappa shape index (κ2) is 8.22. The molecule has 3 N–H and O–H groups in total. The van der Waals surface area contributed by atoms with Crippen LogP contribution in [0.5, 0.6) is 5.75 Å². The van der Waals surface area contributed by atoms with Gasteiger partial charge in [-0.15, -0.1) is 0 Å². The highest BCUT2D eigenvalue weighted by atomic mass is 19.4. The summed E-state index contributed by atoms with van der Waals surface area (Å²) in [5.41, 5.74) is -2.73. The molecule has 6 nitrogen and oxygen atoms in total. The van der Waals surface area contributed by atoms with Gasteiger partial charge < -0.3 is 20.5 Å². The van der Waals surface area contributed by atoms with Crippen LogP contribution >= 0.6 is 0 Å². The third-order valence-corrected chi connectivity index (χ3v) is 5.04. The number of hydrogen-bond donors (Lipinski definition) is 3. The number of carbonyl (C=O) groups is 2. The lowest BCUT2D eigenvalue weighted by Crippen LogP contribution is -2.72. The minimum atomic E-state index is -5.30. The molecule has 166 valence electrons. The van der Waals surface area contributed by atoms with E-state index in [4.69, 9.17) is 4.74 Å². The molecule has 3 unspecified atom stereocenters. The van der Waals surface area contributed by atoms with Crippen LogP contribution in [0.1, 0.15) is 41.4 Å². The van der Waals surface area contributed by atoms with Crippen molar-refractivity contribution in [3.05, 3.63) is 65.2 Å². The predicted molar refractivity (Wildman–Crippen MR) is 107 cm³/mol. The van der Waals surface area contributed by atoms with Gasteiger partial charge in [0.05, 0.1) is 12.1 Å². The summed E-state index contributed by atoms with van der Waals surface area (Å²) in [4.78, 5) is 25.3. The van der Waals surface area contributed by atoms with E-state index in [1.54, 1.807) is 19.1 Å². The van der Waals surface area contributed by atoms with Crippen molar-refractivity contribution in [2.45, 2.75) is 44.8 Å². The van der Waals surface area contributed by atoms with Crippen LogP contribution in [0.2, 0.25) is 0 Å². The van der Waals surface area contributed by atoms with Crippen LogP contribution in [0.25, 0.3) is 0 Å². The smallest absolute Gasteiger partial charge is 0.437 e. The summed E-state index contributed by atoms with van der Waals surface area (Å²) in [6, 6.07) is 9.27. The first-order valence-corrected chi connectivity index (χ1v) is 9.67. The number of nitrogens with one attached hydrogen (secondary N) is 2. The Morgan fingerprint density at radius 3 is 2.19 bits per heavy atom. The number of alkyl halides is 3. The predicted octanol–water partition coefficient (Wildman–Crippen LogP) is 3.89. The van der Waals surface area contributed by atoms with Gasteiger partial charge in [-0.05, 0) is 38.5 Å². The highest BCUT2D eigenvalue weighted by Gasteiger charge is 2.66. The highest BCUT2D eigenvalue weighted by Crippen LogP contribution is 2.44. The zero-order chi connectivity index (χ0) is 23.0. The number of halogens is 3. The zero-order valence-electron chi connectivity index (χ0n) is 17.2. The van der Waals surface area contributed by atoms with Crippen LogP contribution in [0.4, 0.5) is 18.0 Å². The second-order valence-electron chi connectivity index (χ2n) is 7.78. The summed E-state index contributed by atoms with van der Waals surface area (Å²) in [6.07, 6.45) is -5.41. The van der Waals surface area contributed by atoms with E-state index in [1.165, 1.54) is 41.7 Å². The molecule has 0 radical (unpaired) electrons. The molecule has 1 aliphatic rings. The maximum absolute atomic E-state index is 13.9. The van der Waals surface area contributed by atoms with Crippen molar-refractivity contribution < 1.29 is 32.6 Å². The molecule has 3 atom stereocenters. The van der Waals surface area contributed by atoms with Gasteiger partial charge in [0.15, 0.2) is 5.78 Å². The van der Waals surface area contributed by atoms with Crippen molar-refractivity contribution in [1.29, 1.82) is 0 Å². The second-order valence-corrected chi connectivity index (χ2v) is 7.78. The molecule has 1 fully saturated rings. The van der Waals surface area contributed by atoms with E-state index in [-0.39, 0.29) is 17.2 Å². The van der Waals surface area contributed by atoms with Crippen molar-refractivity contribution in [1.82, 2.24) is 10.6 Å². The van der Waals surface area contributed by atoms with E-state index in [2.05, 4.69) is 5.32 Å². The summed E-state index contributed by atoms with van der Waals surface area (Å²) in [7, 11) is 0. The lowest BCUT2D eigenvalue weighted by molar-refractivity contribution is -0.287. The highest BCUT2D eigenvalue weighted by molar-refractivity contribution is 6.00. The van der Waals surface area contributed by atoms with Gasteiger partial charge in [-0.25, -0.2) is 4.79 Å². The molecule has 9 heteroatoms. The molecule has 2 amide bonds. The normalized spacial score (nSPS) is 23.8. The number of amides is 2. The monoisotopic (exact) mass is 436 g/mol. The molecule has 0 bridgehead atoms. The lowest BCUT2D eigenvalue weighted by atomic mass is 9.77. The average Bonchev–Trinajstić information content (AvgIpc) is 2.67.